The van der Waals surface area contributed by atoms with E-state index in [1.165, 1.54) is 11.3 Å². The van der Waals surface area contributed by atoms with Crippen molar-refractivity contribution in [3.05, 3.63) is 35.9 Å². The number of hydrogen-bond donors (Lipinski definition) is 1. The van der Waals surface area contributed by atoms with E-state index in [1.807, 2.05) is 11.8 Å². The molecule has 0 fully saturated rings. The van der Waals surface area contributed by atoms with Gasteiger partial charge in [0.15, 0.2) is 0 Å². The van der Waals surface area contributed by atoms with Crippen LogP contribution in [0.4, 0.5) is 0 Å². The molecule has 0 aliphatic carbocycles. The van der Waals surface area contributed by atoms with E-state index in [-0.39, 0.29) is 0 Å². The molecule has 0 amide bonds. The first kappa shape index (κ1) is 10.6. The van der Waals surface area contributed by atoms with Gasteiger partial charge >= 0.3 is 0 Å². The molecule has 0 unspecified atom stereocenters. The Kier molecular flexibility index (Phi) is 5.70. The highest BCUT2D eigenvalue weighted by Crippen LogP contribution is 2.10. The van der Waals surface area contributed by atoms with Gasteiger partial charge in [0.25, 0.3) is 0 Å². The van der Waals surface area contributed by atoms with Crippen LogP contribution in [0.5, 0.6) is 0 Å². The highest BCUT2D eigenvalue weighted by atomic mass is 32.2. The standard InChI is InChI=1S/C11H17NS/c1-2-12-8-9-13-10-11-6-4-3-5-7-11/h3-7,12H,2,8-10H2,1H3. The molecule has 0 aliphatic rings. The normalized spacial score (nSPS) is 10.2. The van der Waals surface area contributed by atoms with Crippen molar-refractivity contribution >= 4 is 11.8 Å². The predicted octanol–water partition coefficient (Wildman–Crippen LogP) is 2.53. The highest BCUT2D eigenvalue weighted by Gasteiger charge is 1.91. The second-order valence-electron chi connectivity index (χ2n) is 2.89. The largest absolute Gasteiger partial charge is 0.316 e. The third-order valence-electron chi connectivity index (χ3n) is 1.78. The zero-order valence-corrected chi connectivity index (χ0v) is 8.94. The first-order valence-corrected chi connectivity index (χ1v) is 5.91. The Balaban J connectivity index is 2.07. The molecule has 0 radical (unpaired) electrons. The van der Waals surface area contributed by atoms with Crippen LogP contribution in [0.2, 0.25) is 0 Å². The van der Waals surface area contributed by atoms with Crippen molar-refractivity contribution in [1.82, 2.24) is 5.32 Å². The lowest BCUT2D eigenvalue weighted by molar-refractivity contribution is 0.768. The summed E-state index contributed by atoms with van der Waals surface area (Å²) in [6.07, 6.45) is 0. The van der Waals surface area contributed by atoms with Crippen LogP contribution in [0, 0.1) is 0 Å². The van der Waals surface area contributed by atoms with Gasteiger partial charge in [0.1, 0.15) is 0 Å². The maximum absolute atomic E-state index is 3.31. The van der Waals surface area contributed by atoms with Crippen LogP contribution in [0.1, 0.15) is 12.5 Å². The number of hydrogen-bond acceptors (Lipinski definition) is 2. The van der Waals surface area contributed by atoms with Crippen molar-refractivity contribution in [2.45, 2.75) is 12.7 Å². The quantitative estimate of drug-likeness (QED) is 0.700. The molecule has 2 heteroatoms. The summed E-state index contributed by atoms with van der Waals surface area (Å²) in [5.41, 5.74) is 1.42. The molecule has 0 bridgehead atoms. The molecule has 1 N–H and O–H groups in total. The molecular weight excluding hydrogens is 178 g/mol. The van der Waals surface area contributed by atoms with Crippen molar-refractivity contribution in [3.63, 3.8) is 0 Å². The molecule has 0 spiro atoms. The van der Waals surface area contributed by atoms with Crippen LogP contribution < -0.4 is 5.32 Å². The SMILES string of the molecule is CCNCCSCc1ccccc1. The van der Waals surface area contributed by atoms with E-state index in [1.54, 1.807) is 0 Å². The van der Waals surface area contributed by atoms with Crippen molar-refractivity contribution < 1.29 is 0 Å². The molecule has 1 rings (SSSR count). The fourth-order valence-corrected chi connectivity index (χ4v) is 1.95. The van der Waals surface area contributed by atoms with Crippen LogP contribution in [-0.2, 0) is 5.75 Å². The van der Waals surface area contributed by atoms with Crippen LogP contribution in [0.3, 0.4) is 0 Å². The van der Waals surface area contributed by atoms with Crippen molar-refractivity contribution in [1.29, 1.82) is 0 Å². The number of thioether (sulfide) groups is 1. The molecule has 0 aromatic heterocycles. The molecule has 0 saturated heterocycles. The van der Waals surface area contributed by atoms with Gasteiger partial charge in [-0.3, -0.25) is 0 Å². The summed E-state index contributed by atoms with van der Waals surface area (Å²) in [6.45, 7) is 4.34. The summed E-state index contributed by atoms with van der Waals surface area (Å²) in [5.74, 6) is 2.33. The summed E-state index contributed by atoms with van der Waals surface area (Å²) in [6, 6.07) is 10.6. The van der Waals surface area contributed by atoms with Crippen LogP contribution in [-0.4, -0.2) is 18.8 Å². The second-order valence-corrected chi connectivity index (χ2v) is 4.00. The molecule has 0 heterocycles. The van der Waals surface area contributed by atoms with E-state index in [9.17, 15) is 0 Å². The zero-order chi connectivity index (χ0) is 9.36. The van der Waals surface area contributed by atoms with Crippen molar-refractivity contribution in [2.24, 2.45) is 0 Å². The highest BCUT2D eigenvalue weighted by molar-refractivity contribution is 7.98. The minimum atomic E-state index is 1.08. The predicted molar refractivity (Wildman–Crippen MR) is 61.1 cm³/mol. The van der Waals surface area contributed by atoms with Crippen LogP contribution in [0.15, 0.2) is 30.3 Å². The Morgan fingerprint density at radius 3 is 2.69 bits per heavy atom. The third-order valence-corrected chi connectivity index (χ3v) is 2.81. The Morgan fingerprint density at radius 1 is 1.23 bits per heavy atom. The molecule has 13 heavy (non-hydrogen) atoms. The van der Waals surface area contributed by atoms with Gasteiger partial charge in [-0.1, -0.05) is 37.3 Å². The van der Waals surface area contributed by atoms with Gasteiger partial charge in [-0.15, -0.1) is 0 Å². The monoisotopic (exact) mass is 195 g/mol. The first-order chi connectivity index (χ1) is 6.43. The van der Waals surface area contributed by atoms with Gasteiger partial charge in [-0.25, -0.2) is 0 Å². The minimum absolute atomic E-state index is 1.08. The average molecular weight is 195 g/mol. The first-order valence-electron chi connectivity index (χ1n) is 4.76. The summed E-state index contributed by atoms with van der Waals surface area (Å²) in [7, 11) is 0. The van der Waals surface area contributed by atoms with E-state index in [0.717, 1.165) is 18.8 Å². The molecule has 0 atom stereocenters. The van der Waals surface area contributed by atoms with Gasteiger partial charge in [0, 0.05) is 18.1 Å². The summed E-state index contributed by atoms with van der Waals surface area (Å²) in [4.78, 5) is 0. The fraction of sp³-hybridized carbons (Fsp3) is 0.455. The van der Waals surface area contributed by atoms with Gasteiger partial charge < -0.3 is 5.32 Å². The van der Waals surface area contributed by atoms with E-state index in [4.69, 9.17) is 0 Å². The van der Waals surface area contributed by atoms with Gasteiger partial charge in [-0.2, -0.15) is 11.8 Å². The van der Waals surface area contributed by atoms with E-state index in [2.05, 4.69) is 42.6 Å². The zero-order valence-electron chi connectivity index (χ0n) is 8.12. The lowest BCUT2D eigenvalue weighted by Gasteiger charge is -2.01. The van der Waals surface area contributed by atoms with Crippen LogP contribution >= 0.6 is 11.8 Å². The number of nitrogens with one attached hydrogen (secondary N) is 1. The lowest BCUT2D eigenvalue weighted by atomic mass is 10.2. The van der Waals surface area contributed by atoms with Gasteiger partial charge in [0.05, 0.1) is 0 Å². The fourth-order valence-electron chi connectivity index (χ4n) is 1.09. The van der Waals surface area contributed by atoms with E-state index < -0.39 is 0 Å². The van der Waals surface area contributed by atoms with Gasteiger partial charge in [-0.05, 0) is 12.1 Å². The summed E-state index contributed by atoms with van der Waals surface area (Å²) < 4.78 is 0. The Hall–Kier alpha value is -0.470. The topological polar surface area (TPSA) is 12.0 Å². The van der Waals surface area contributed by atoms with Crippen molar-refractivity contribution in [2.75, 3.05) is 18.8 Å². The molecular formula is C11H17NS. The van der Waals surface area contributed by atoms with Gasteiger partial charge in [0.2, 0.25) is 0 Å². The van der Waals surface area contributed by atoms with E-state index >= 15 is 0 Å². The summed E-state index contributed by atoms with van der Waals surface area (Å²) >= 11 is 1.98. The minimum Gasteiger partial charge on any atom is -0.316 e. The maximum Gasteiger partial charge on any atom is 0.0185 e. The smallest absolute Gasteiger partial charge is 0.0185 e. The Morgan fingerprint density at radius 2 is 2.00 bits per heavy atom. The van der Waals surface area contributed by atoms with Crippen molar-refractivity contribution in [3.8, 4) is 0 Å². The molecule has 72 valence electrons. The number of benzene rings is 1. The lowest BCUT2D eigenvalue weighted by Crippen LogP contribution is -2.15. The molecule has 1 nitrogen and oxygen atoms in total. The summed E-state index contributed by atoms with van der Waals surface area (Å²) in [5, 5.41) is 3.31. The number of rotatable bonds is 6. The maximum atomic E-state index is 3.31. The molecule has 0 saturated carbocycles. The molecule has 0 aliphatic heterocycles. The second kappa shape index (κ2) is 6.98. The average Bonchev–Trinajstić information content (AvgIpc) is 2.19. The molecule has 1 aromatic carbocycles. The van der Waals surface area contributed by atoms with Crippen LogP contribution in [0.25, 0.3) is 0 Å². The van der Waals surface area contributed by atoms with E-state index in [0.29, 0.717) is 0 Å². The molecule has 1 aromatic rings. The Bertz CT molecular complexity index is 211. The third kappa shape index (κ3) is 4.96. The Labute approximate surface area is 84.9 Å².